The van der Waals surface area contributed by atoms with Gasteiger partial charge in [0.2, 0.25) is 0 Å². The van der Waals surface area contributed by atoms with Crippen molar-refractivity contribution < 1.29 is 22.3 Å². The first kappa shape index (κ1) is 15.6. The minimum absolute atomic E-state index is 0.211. The molecule has 0 N–H and O–H groups in total. The predicted octanol–water partition coefficient (Wildman–Crippen LogP) is 5.18. The fourth-order valence-corrected chi connectivity index (χ4v) is 2.23. The molecule has 1 nitrogen and oxygen atoms in total. The Labute approximate surface area is 124 Å². The maximum absolute atomic E-state index is 14.0. The number of alkyl halides is 4. The second kappa shape index (κ2) is 5.93. The molecule has 2 aromatic carbocycles. The number of halogens is 5. The third-order valence-electron chi connectivity index (χ3n) is 3.02. The molecule has 0 aliphatic carbocycles. The maximum atomic E-state index is 14.0. The third kappa shape index (κ3) is 3.29. The summed E-state index contributed by atoms with van der Waals surface area (Å²) in [6.07, 6.45) is -4.75. The zero-order valence-corrected chi connectivity index (χ0v) is 11.7. The summed E-state index contributed by atoms with van der Waals surface area (Å²) in [4.78, 5) is 0. The van der Waals surface area contributed by atoms with Crippen LogP contribution in [0, 0.1) is 5.82 Å². The van der Waals surface area contributed by atoms with Crippen LogP contribution in [0.3, 0.4) is 0 Å². The van der Waals surface area contributed by atoms with E-state index >= 15 is 0 Å². The van der Waals surface area contributed by atoms with Gasteiger partial charge in [0, 0.05) is 5.56 Å². The van der Waals surface area contributed by atoms with Crippen LogP contribution in [0.25, 0.3) is 0 Å². The van der Waals surface area contributed by atoms with Crippen molar-refractivity contribution in [1.29, 1.82) is 0 Å². The molecule has 0 spiro atoms. The number of methoxy groups -OCH3 is 1. The van der Waals surface area contributed by atoms with Crippen LogP contribution in [0.2, 0.25) is 0 Å². The van der Waals surface area contributed by atoms with Crippen LogP contribution >= 0.6 is 11.6 Å². The molecule has 2 aromatic rings. The van der Waals surface area contributed by atoms with Crippen molar-refractivity contribution in [2.75, 3.05) is 7.11 Å². The smallest absolute Gasteiger partial charge is 0.419 e. The first-order valence-corrected chi connectivity index (χ1v) is 6.42. The standard InChI is InChI=1S/C15H11ClF4O/c1-21-10-7-5-9(6-8-10)13(16)11-3-2-4-12(14(11)17)15(18,19)20/h2-8,13H,1H3. The minimum Gasteiger partial charge on any atom is -0.497 e. The van der Waals surface area contributed by atoms with E-state index in [1.165, 1.54) is 13.2 Å². The lowest BCUT2D eigenvalue weighted by atomic mass is 10.0. The summed E-state index contributed by atoms with van der Waals surface area (Å²) in [5.41, 5.74) is -1.05. The van der Waals surface area contributed by atoms with E-state index in [9.17, 15) is 17.6 Å². The van der Waals surface area contributed by atoms with Crippen LogP contribution in [0.5, 0.6) is 5.75 Å². The van der Waals surface area contributed by atoms with E-state index in [0.29, 0.717) is 17.4 Å². The van der Waals surface area contributed by atoms with Gasteiger partial charge in [0.25, 0.3) is 0 Å². The molecule has 0 aromatic heterocycles. The average molecular weight is 319 g/mol. The van der Waals surface area contributed by atoms with Gasteiger partial charge < -0.3 is 4.74 Å². The SMILES string of the molecule is COc1ccc(C(Cl)c2cccc(C(F)(F)F)c2F)cc1. The van der Waals surface area contributed by atoms with Crippen molar-refractivity contribution in [3.63, 3.8) is 0 Å². The lowest BCUT2D eigenvalue weighted by Gasteiger charge is -2.15. The zero-order chi connectivity index (χ0) is 15.6. The number of hydrogen-bond acceptors (Lipinski definition) is 1. The predicted molar refractivity (Wildman–Crippen MR) is 72.1 cm³/mol. The lowest BCUT2D eigenvalue weighted by Crippen LogP contribution is -2.10. The van der Waals surface area contributed by atoms with Crippen molar-refractivity contribution >= 4 is 11.6 Å². The molecule has 1 unspecified atom stereocenters. The highest BCUT2D eigenvalue weighted by Crippen LogP contribution is 2.37. The second-order valence-electron chi connectivity index (χ2n) is 4.34. The van der Waals surface area contributed by atoms with Crippen LogP contribution in [-0.4, -0.2) is 7.11 Å². The van der Waals surface area contributed by atoms with Gasteiger partial charge in [-0.3, -0.25) is 0 Å². The summed E-state index contributed by atoms with van der Waals surface area (Å²) in [5.74, 6) is -0.770. The number of hydrogen-bond donors (Lipinski definition) is 0. The zero-order valence-electron chi connectivity index (χ0n) is 10.9. The van der Waals surface area contributed by atoms with E-state index in [4.69, 9.17) is 16.3 Å². The Kier molecular flexibility index (Phi) is 4.42. The molecule has 21 heavy (non-hydrogen) atoms. The van der Waals surface area contributed by atoms with Gasteiger partial charge in [-0.1, -0.05) is 24.3 Å². The maximum Gasteiger partial charge on any atom is 0.419 e. The Hall–Kier alpha value is -1.75. The fourth-order valence-electron chi connectivity index (χ4n) is 1.92. The first-order chi connectivity index (χ1) is 9.84. The van der Waals surface area contributed by atoms with Gasteiger partial charge in [0.05, 0.1) is 18.1 Å². The van der Waals surface area contributed by atoms with Gasteiger partial charge in [0.15, 0.2) is 0 Å². The van der Waals surface area contributed by atoms with E-state index in [2.05, 4.69) is 0 Å². The van der Waals surface area contributed by atoms with Crippen LogP contribution in [0.15, 0.2) is 42.5 Å². The van der Waals surface area contributed by atoms with E-state index < -0.39 is 22.9 Å². The highest BCUT2D eigenvalue weighted by Gasteiger charge is 2.35. The molecule has 0 saturated heterocycles. The molecular formula is C15H11ClF4O. The molecular weight excluding hydrogens is 308 g/mol. The summed E-state index contributed by atoms with van der Waals surface area (Å²) in [6, 6.07) is 9.45. The van der Waals surface area contributed by atoms with Crippen molar-refractivity contribution in [2.45, 2.75) is 11.6 Å². The van der Waals surface area contributed by atoms with Crippen LogP contribution in [0.4, 0.5) is 17.6 Å². The molecule has 1 atom stereocenters. The molecule has 0 aliphatic heterocycles. The largest absolute Gasteiger partial charge is 0.497 e. The van der Waals surface area contributed by atoms with Crippen molar-refractivity contribution in [2.24, 2.45) is 0 Å². The Balaban J connectivity index is 2.41. The molecule has 0 heterocycles. The van der Waals surface area contributed by atoms with Gasteiger partial charge >= 0.3 is 6.18 Å². The lowest BCUT2D eigenvalue weighted by molar-refractivity contribution is -0.140. The summed E-state index contributed by atoms with van der Waals surface area (Å²) >= 11 is 6.11. The molecule has 0 bridgehead atoms. The number of ether oxygens (including phenoxy) is 1. The topological polar surface area (TPSA) is 9.23 Å². The molecule has 0 radical (unpaired) electrons. The van der Waals surface area contributed by atoms with Crippen molar-refractivity contribution in [3.05, 3.63) is 65.0 Å². The summed E-state index contributed by atoms with van der Waals surface area (Å²) in [7, 11) is 1.49. The van der Waals surface area contributed by atoms with E-state index in [1.807, 2.05) is 0 Å². The van der Waals surface area contributed by atoms with Crippen molar-refractivity contribution in [3.8, 4) is 5.75 Å². The van der Waals surface area contributed by atoms with E-state index in [-0.39, 0.29) is 5.56 Å². The molecule has 6 heteroatoms. The number of rotatable bonds is 3. The summed E-state index contributed by atoms with van der Waals surface area (Å²) in [6.45, 7) is 0. The van der Waals surface area contributed by atoms with Crippen LogP contribution < -0.4 is 4.74 Å². The minimum atomic E-state index is -4.75. The van der Waals surface area contributed by atoms with Crippen molar-refractivity contribution in [1.82, 2.24) is 0 Å². The molecule has 112 valence electrons. The Morgan fingerprint density at radius 2 is 1.67 bits per heavy atom. The van der Waals surface area contributed by atoms with E-state index in [0.717, 1.165) is 6.07 Å². The monoisotopic (exact) mass is 318 g/mol. The van der Waals surface area contributed by atoms with Crippen LogP contribution in [-0.2, 0) is 6.18 Å². The molecule has 0 amide bonds. The number of benzene rings is 2. The van der Waals surface area contributed by atoms with Gasteiger partial charge in [0.1, 0.15) is 11.6 Å². The normalized spacial score (nSPS) is 13.0. The van der Waals surface area contributed by atoms with Gasteiger partial charge in [-0.15, -0.1) is 11.6 Å². The first-order valence-electron chi connectivity index (χ1n) is 5.98. The van der Waals surface area contributed by atoms with E-state index in [1.54, 1.807) is 24.3 Å². The molecule has 0 fully saturated rings. The summed E-state index contributed by atoms with van der Waals surface area (Å²) < 4.78 is 57.1. The van der Waals surface area contributed by atoms with Gasteiger partial charge in [-0.2, -0.15) is 13.2 Å². The quantitative estimate of drug-likeness (QED) is 0.559. The highest BCUT2D eigenvalue weighted by molar-refractivity contribution is 6.22. The van der Waals surface area contributed by atoms with Crippen LogP contribution in [0.1, 0.15) is 22.1 Å². The molecule has 0 saturated carbocycles. The molecule has 2 rings (SSSR count). The Bertz CT molecular complexity index is 623. The molecule has 0 aliphatic rings. The highest BCUT2D eigenvalue weighted by atomic mass is 35.5. The van der Waals surface area contributed by atoms with Gasteiger partial charge in [-0.25, -0.2) is 4.39 Å². The fraction of sp³-hybridized carbons (Fsp3) is 0.200. The van der Waals surface area contributed by atoms with Gasteiger partial charge in [-0.05, 0) is 23.8 Å². The third-order valence-corrected chi connectivity index (χ3v) is 3.50. The Morgan fingerprint density at radius 1 is 1.05 bits per heavy atom. The average Bonchev–Trinajstić information content (AvgIpc) is 2.45. The summed E-state index contributed by atoms with van der Waals surface area (Å²) in [5, 5.41) is -1.02. The Morgan fingerprint density at radius 3 is 2.19 bits per heavy atom. The second-order valence-corrected chi connectivity index (χ2v) is 4.78.